The molecular weight excluding hydrogens is 370 g/mol. The van der Waals surface area contributed by atoms with E-state index in [9.17, 15) is 10.1 Å². The number of aromatic nitrogens is 1. The summed E-state index contributed by atoms with van der Waals surface area (Å²) >= 11 is 0. The number of carboxylic acids is 1. The molecule has 2 aromatic rings. The van der Waals surface area contributed by atoms with Crippen molar-refractivity contribution in [1.29, 1.82) is 5.26 Å². The number of rotatable bonds is 9. The van der Waals surface area contributed by atoms with Crippen molar-refractivity contribution in [1.82, 2.24) is 4.98 Å². The highest BCUT2D eigenvalue weighted by Gasteiger charge is 2.19. The third kappa shape index (κ3) is 5.38. The molecule has 0 fully saturated rings. The van der Waals surface area contributed by atoms with Crippen molar-refractivity contribution >= 4 is 11.8 Å². The van der Waals surface area contributed by atoms with Crippen molar-refractivity contribution in [2.45, 2.75) is 52.6 Å². The smallest absolute Gasteiger partial charge is 0.304 e. The molecule has 7 nitrogen and oxygen atoms in total. The molecule has 2 unspecified atom stereocenters. The summed E-state index contributed by atoms with van der Waals surface area (Å²) in [5.41, 5.74) is 8.09. The van der Waals surface area contributed by atoms with Gasteiger partial charge in [0.15, 0.2) is 11.5 Å². The second kappa shape index (κ2) is 9.78. The second-order valence-corrected chi connectivity index (χ2v) is 6.90. The molecule has 7 heteroatoms. The van der Waals surface area contributed by atoms with E-state index in [-0.39, 0.29) is 29.8 Å². The molecule has 154 valence electrons. The van der Waals surface area contributed by atoms with Crippen LogP contribution in [0.25, 0.3) is 11.1 Å². The van der Waals surface area contributed by atoms with Crippen LogP contribution in [0.4, 0.5) is 5.82 Å². The average molecular weight is 397 g/mol. The Labute approximate surface area is 171 Å². The average Bonchev–Trinajstić information content (AvgIpc) is 2.68. The summed E-state index contributed by atoms with van der Waals surface area (Å²) in [4.78, 5) is 15.3. The molecule has 0 radical (unpaired) electrons. The van der Waals surface area contributed by atoms with Crippen LogP contribution in [0.3, 0.4) is 0 Å². The fraction of sp³-hybridized carbons (Fsp3) is 0.409. The molecule has 1 aromatic heterocycles. The van der Waals surface area contributed by atoms with Gasteiger partial charge in [0.05, 0.1) is 19.1 Å². The third-order valence-electron chi connectivity index (χ3n) is 4.62. The van der Waals surface area contributed by atoms with Crippen LogP contribution in [0.1, 0.15) is 57.7 Å². The standard InChI is InChI=1S/C22H27N3O4/c1-5-14(4)29-19-8-7-15(10-20(19)28-6-2)16-11-18(13(3)9-21(26)27)25-22(24)17(16)12-23/h7-8,10-11,13-14H,5-6,9H2,1-4H3,(H2,24,25)(H,26,27). The van der Waals surface area contributed by atoms with E-state index in [1.807, 2.05) is 39.0 Å². The Morgan fingerprint density at radius 2 is 2.00 bits per heavy atom. The molecule has 0 saturated carbocycles. The van der Waals surface area contributed by atoms with Gasteiger partial charge in [-0.25, -0.2) is 4.98 Å². The molecular formula is C22H27N3O4. The summed E-state index contributed by atoms with van der Waals surface area (Å²) in [6, 6.07) is 9.28. The minimum atomic E-state index is -0.922. The number of nitrogens with zero attached hydrogens (tertiary/aromatic N) is 2. The highest BCUT2D eigenvalue weighted by Crippen LogP contribution is 2.37. The second-order valence-electron chi connectivity index (χ2n) is 6.90. The number of nitriles is 1. The van der Waals surface area contributed by atoms with Gasteiger partial charge in [-0.2, -0.15) is 5.26 Å². The maximum absolute atomic E-state index is 11.1. The first-order chi connectivity index (χ1) is 13.8. The number of anilines is 1. The molecule has 0 aliphatic heterocycles. The van der Waals surface area contributed by atoms with E-state index >= 15 is 0 Å². The number of benzene rings is 1. The largest absolute Gasteiger partial charge is 0.490 e. The lowest BCUT2D eigenvalue weighted by Gasteiger charge is -2.18. The normalized spacial score (nSPS) is 12.7. The summed E-state index contributed by atoms with van der Waals surface area (Å²) in [5.74, 6) is 0.0133. The number of aliphatic carboxylic acids is 1. The molecule has 2 atom stereocenters. The monoisotopic (exact) mass is 397 g/mol. The van der Waals surface area contributed by atoms with Crippen molar-refractivity contribution in [2.75, 3.05) is 12.3 Å². The van der Waals surface area contributed by atoms with E-state index < -0.39 is 5.97 Å². The fourth-order valence-electron chi connectivity index (χ4n) is 2.89. The van der Waals surface area contributed by atoms with Crippen LogP contribution in [0.2, 0.25) is 0 Å². The Hall–Kier alpha value is -3.27. The van der Waals surface area contributed by atoms with Crippen LogP contribution in [-0.4, -0.2) is 28.8 Å². The molecule has 1 heterocycles. The lowest BCUT2D eigenvalue weighted by atomic mass is 9.95. The molecule has 29 heavy (non-hydrogen) atoms. The van der Waals surface area contributed by atoms with Gasteiger partial charge in [0, 0.05) is 17.2 Å². The van der Waals surface area contributed by atoms with Crippen LogP contribution >= 0.6 is 0 Å². The summed E-state index contributed by atoms with van der Waals surface area (Å²) in [7, 11) is 0. The van der Waals surface area contributed by atoms with Crippen LogP contribution in [0.15, 0.2) is 24.3 Å². The lowest BCUT2D eigenvalue weighted by molar-refractivity contribution is -0.137. The Kier molecular flexibility index (Phi) is 7.43. The van der Waals surface area contributed by atoms with Gasteiger partial charge in [-0.15, -0.1) is 0 Å². The highest BCUT2D eigenvalue weighted by atomic mass is 16.5. The molecule has 0 bridgehead atoms. The van der Waals surface area contributed by atoms with Gasteiger partial charge >= 0.3 is 5.97 Å². The van der Waals surface area contributed by atoms with E-state index in [1.54, 1.807) is 13.0 Å². The first kappa shape index (κ1) is 22.0. The maximum atomic E-state index is 11.1. The molecule has 0 aliphatic rings. The van der Waals surface area contributed by atoms with Crippen molar-refractivity contribution in [3.8, 4) is 28.7 Å². The van der Waals surface area contributed by atoms with Crippen LogP contribution < -0.4 is 15.2 Å². The zero-order valence-corrected chi connectivity index (χ0v) is 17.2. The number of carbonyl (C=O) groups is 1. The quantitative estimate of drug-likeness (QED) is 0.645. The van der Waals surface area contributed by atoms with Crippen LogP contribution in [0, 0.1) is 11.3 Å². The van der Waals surface area contributed by atoms with E-state index in [1.165, 1.54) is 0 Å². The van der Waals surface area contributed by atoms with Gasteiger partial charge in [-0.3, -0.25) is 4.79 Å². The number of carboxylic acid groups (broad SMARTS) is 1. The minimum Gasteiger partial charge on any atom is -0.490 e. The minimum absolute atomic E-state index is 0.0368. The fourth-order valence-corrected chi connectivity index (χ4v) is 2.89. The van der Waals surface area contributed by atoms with Gasteiger partial charge < -0.3 is 20.3 Å². The first-order valence-corrected chi connectivity index (χ1v) is 9.66. The molecule has 1 aromatic carbocycles. The SMILES string of the molecule is CCOc1cc(-c2cc(C(C)CC(=O)O)nc(N)c2C#N)ccc1OC(C)CC. The Morgan fingerprint density at radius 3 is 2.59 bits per heavy atom. The zero-order valence-electron chi connectivity index (χ0n) is 17.2. The Morgan fingerprint density at radius 1 is 1.28 bits per heavy atom. The molecule has 0 spiro atoms. The summed E-state index contributed by atoms with van der Waals surface area (Å²) in [5, 5.41) is 18.7. The van der Waals surface area contributed by atoms with Gasteiger partial charge in [-0.1, -0.05) is 19.9 Å². The topological polar surface area (TPSA) is 118 Å². The number of pyridine rings is 1. The number of hydrogen-bond acceptors (Lipinski definition) is 6. The molecule has 0 amide bonds. The molecule has 0 aliphatic carbocycles. The van der Waals surface area contributed by atoms with Gasteiger partial charge in [0.2, 0.25) is 0 Å². The zero-order chi connectivity index (χ0) is 21.6. The third-order valence-corrected chi connectivity index (χ3v) is 4.62. The van der Waals surface area contributed by atoms with E-state index in [4.69, 9.17) is 20.3 Å². The first-order valence-electron chi connectivity index (χ1n) is 9.66. The summed E-state index contributed by atoms with van der Waals surface area (Å²) < 4.78 is 11.7. The Bertz CT molecular complexity index is 921. The van der Waals surface area contributed by atoms with Gasteiger partial charge in [-0.05, 0) is 44.0 Å². The van der Waals surface area contributed by atoms with Crippen molar-refractivity contribution in [3.63, 3.8) is 0 Å². The lowest BCUT2D eigenvalue weighted by Crippen LogP contribution is -2.11. The van der Waals surface area contributed by atoms with Crippen LogP contribution in [0.5, 0.6) is 11.5 Å². The highest BCUT2D eigenvalue weighted by molar-refractivity contribution is 5.77. The number of ether oxygens (including phenoxy) is 2. The number of nitrogen functional groups attached to an aromatic ring is 1. The Balaban J connectivity index is 2.57. The number of hydrogen-bond donors (Lipinski definition) is 2. The molecule has 2 rings (SSSR count). The van der Waals surface area contributed by atoms with Crippen molar-refractivity contribution in [2.24, 2.45) is 0 Å². The van der Waals surface area contributed by atoms with E-state index in [0.717, 1.165) is 12.0 Å². The summed E-state index contributed by atoms with van der Waals surface area (Å²) in [6.45, 7) is 8.14. The van der Waals surface area contributed by atoms with E-state index in [0.29, 0.717) is 29.4 Å². The van der Waals surface area contributed by atoms with Crippen LogP contribution in [-0.2, 0) is 4.79 Å². The predicted molar refractivity (Wildman–Crippen MR) is 111 cm³/mol. The number of nitrogens with two attached hydrogens (primary N) is 1. The predicted octanol–water partition coefficient (Wildman–Crippen LogP) is 4.36. The van der Waals surface area contributed by atoms with Crippen molar-refractivity contribution in [3.05, 3.63) is 35.5 Å². The van der Waals surface area contributed by atoms with Gasteiger partial charge in [0.25, 0.3) is 0 Å². The van der Waals surface area contributed by atoms with E-state index in [2.05, 4.69) is 11.1 Å². The van der Waals surface area contributed by atoms with Gasteiger partial charge in [0.1, 0.15) is 17.5 Å². The maximum Gasteiger partial charge on any atom is 0.304 e. The van der Waals surface area contributed by atoms with Crippen molar-refractivity contribution < 1.29 is 19.4 Å². The summed E-state index contributed by atoms with van der Waals surface area (Å²) in [6.07, 6.45) is 0.816. The molecule has 3 N–H and O–H groups in total. The molecule has 0 saturated heterocycles.